The van der Waals surface area contributed by atoms with Gasteiger partial charge in [0.1, 0.15) is 11.5 Å². The predicted molar refractivity (Wildman–Crippen MR) is 91.8 cm³/mol. The second-order valence-electron chi connectivity index (χ2n) is 5.19. The van der Waals surface area contributed by atoms with Crippen LogP contribution >= 0.6 is 31.9 Å². The summed E-state index contributed by atoms with van der Waals surface area (Å²) in [6.45, 7) is 2.84. The van der Waals surface area contributed by atoms with Gasteiger partial charge < -0.3 is 9.47 Å². The molecule has 1 aliphatic heterocycles. The van der Waals surface area contributed by atoms with Gasteiger partial charge in [0.05, 0.1) is 18.5 Å². The van der Waals surface area contributed by atoms with E-state index in [1.807, 2.05) is 6.07 Å². The van der Waals surface area contributed by atoms with Crippen LogP contribution in [0.15, 0.2) is 34.8 Å². The van der Waals surface area contributed by atoms with Gasteiger partial charge in [-0.25, -0.2) is 0 Å². The topological polar surface area (TPSA) is 18.5 Å². The Balaban J connectivity index is 2.11. The van der Waals surface area contributed by atoms with Gasteiger partial charge in [0, 0.05) is 22.0 Å². The molecule has 2 aromatic rings. The molecule has 0 amide bonds. The molecule has 0 spiro atoms. The first kappa shape index (κ1) is 14.9. The number of ether oxygens (including phenoxy) is 2. The molecule has 2 aromatic carbocycles. The van der Waals surface area contributed by atoms with Crippen molar-refractivity contribution < 1.29 is 9.47 Å². The normalized spacial score (nSPS) is 14.5. The predicted octanol–water partition coefficient (Wildman–Crippen LogP) is 5.19. The van der Waals surface area contributed by atoms with E-state index in [-0.39, 0.29) is 4.83 Å². The zero-order valence-electron chi connectivity index (χ0n) is 12.0. The average molecular weight is 412 g/mol. The Labute approximate surface area is 141 Å². The van der Waals surface area contributed by atoms with Crippen LogP contribution in [-0.2, 0) is 6.42 Å². The standard InChI is InChI=1S/C17H16Br2O2/c1-10-3-4-15(20-2)13(7-10)16(19)14-9-12(18)8-11-5-6-21-17(11)14/h3-4,7-9,16H,5-6H2,1-2H3. The van der Waals surface area contributed by atoms with Crippen molar-refractivity contribution in [2.45, 2.75) is 18.2 Å². The van der Waals surface area contributed by atoms with Gasteiger partial charge in [-0.2, -0.15) is 0 Å². The molecule has 0 radical (unpaired) electrons. The maximum atomic E-state index is 5.84. The summed E-state index contributed by atoms with van der Waals surface area (Å²) in [6.07, 6.45) is 0.965. The third-order valence-electron chi connectivity index (χ3n) is 3.71. The lowest BCUT2D eigenvalue weighted by atomic mass is 9.99. The van der Waals surface area contributed by atoms with Crippen molar-refractivity contribution >= 4 is 31.9 Å². The maximum absolute atomic E-state index is 5.84. The van der Waals surface area contributed by atoms with Crippen LogP contribution in [0, 0.1) is 6.92 Å². The number of hydrogen-bond acceptors (Lipinski definition) is 2. The van der Waals surface area contributed by atoms with Crippen LogP contribution in [0.1, 0.15) is 27.1 Å². The van der Waals surface area contributed by atoms with Gasteiger partial charge in [0.25, 0.3) is 0 Å². The Kier molecular flexibility index (Phi) is 4.27. The molecule has 4 heteroatoms. The SMILES string of the molecule is COc1ccc(C)cc1C(Br)c1cc(Br)cc2c1OCC2. The Bertz CT molecular complexity index is 683. The van der Waals surface area contributed by atoms with E-state index in [0.29, 0.717) is 0 Å². The lowest BCUT2D eigenvalue weighted by molar-refractivity contribution is 0.353. The second-order valence-corrected chi connectivity index (χ2v) is 7.02. The van der Waals surface area contributed by atoms with E-state index in [9.17, 15) is 0 Å². The Hall–Kier alpha value is -1.00. The average Bonchev–Trinajstić information content (AvgIpc) is 2.93. The molecule has 2 nitrogen and oxygen atoms in total. The highest BCUT2D eigenvalue weighted by Gasteiger charge is 2.24. The molecule has 0 saturated carbocycles. The number of hydrogen-bond donors (Lipinski definition) is 0. The highest BCUT2D eigenvalue weighted by atomic mass is 79.9. The largest absolute Gasteiger partial charge is 0.496 e. The van der Waals surface area contributed by atoms with E-state index >= 15 is 0 Å². The van der Waals surface area contributed by atoms with E-state index < -0.39 is 0 Å². The van der Waals surface area contributed by atoms with Crippen LogP contribution in [0.5, 0.6) is 11.5 Å². The van der Waals surface area contributed by atoms with Gasteiger partial charge in [-0.15, -0.1) is 0 Å². The fourth-order valence-corrected chi connectivity index (χ4v) is 3.93. The van der Waals surface area contributed by atoms with Gasteiger partial charge in [0.2, 0.25) is 0 Å². The Morgan fingerprint density at radius 2 is 2.00 bits per heavy atom. The Morgan fingerprint density at radius 3 is 2.76 bits per heavy atom. The van der Waals surface area contributed by atoms with Crippen LogP contribution in [0.4, 0.5) is 0 Å². The molecule has 0 fully saturated rings. The molecular weight excluding hydrogens is 396 g/mol. The third kappa shape index (κ3) is 2.84. The van der Waals surface area contributed by atoms with E-state index in [0.717, 1.165) is 40.1 Å². The summed E-state index contributed by atoms with van der Waals surface area (Å²) in [6, 6.07) is 10.5. The lowest BCUT2D eigenvalue weighted by Crippen LogP contribution is -2.00. The number of aryl methyl sites for hydroxylation is 1. The van der Waals surface area contributed by atoms with Crippen LogP contribution < -0.4 is 9.47 Å². The summed E-state index contributed by atoms with van der Waals surface area (Å²) < 4.78 is 12.4. The van der Waals surface area contributed by atoms with Crippen molar-refractivity contribution in [2.24, 2.45) is 0 Å². The molecule has 0 saturated heterocycles. The first-order chi connectivity index (χ1) is 10.1. The molecule has 1 atom stereocenters. The summed E-state index contributed by atoms with van der Waals surface area (Å²) in [5.74, 6) is 1.89. The van der Waals surface area contributed by atoms with Crippen LogP contribution in [-0.4, -0.2) is 13.7 Å². The molecule has 110 valence electrons. The van der Waals surface area contributed by atoms with Crippen molar-refractivity contribution in [1.82, 2.24) is 0 Å². The van der Waals surface area contributed by atoms with Crippen LogP contribution in [0.2, 0.25) is 0 Å². The number of methoxy groups -OCH3 is 1. The fraction of sp³-hybridized carbons (Fsp3) is 0.294. The summed E-state index contributed by atoms with van der Waals surface area (Å²) in [4.78, 5) is 0.0386. The van der Waals surface area contributed by atoms with Crippen molar-refractivity contribution in [2.75, 3.05) is 13.7 Å². The molecule has 3 rings (SSSR count). The minimum atomic E-state index is 0.0386. The fourth-order valence-electron chi connectivity index (χ4n) is 2.71. The lowest BCUT2D eigenvalue weighted by Gasteiger charge is -2.18. The van der Waals surface area contributed by atoms with Gasteiger partial charge in [-0.3, -0.25) is 0 Å². The number of fused-ring (bicyclic) bond motifs is 1. The minimum absolute atomic E-state index is 0.0386. The van der Waals surface area contributed by atoms with Gasteiger partial charge in [-0.05, 0) is 30.7 Å². The zero-order chi connectivity index (χ0) is 15.0. The van der Waals surface area contributed by atoms with Crippen molar-refractivity contribution in [3.63, 3.8) is 0 Å². The number of benzene rings is 2. The first-order valence-electron chi connectivity index (χ1n) is 6.84. The third-order valence-corrected chi connectivity index (χ3v) is 5.15. The maximum Gasteiger partial charge on any atom is 0.127 e. The number of alkyl halides is 1. The number of rotatable bonds is 3. The monoisotopic (exact) mass is 410 g/mol. The molecule has 1 unspecified atom stereocenters. The molecular formula is C17H16Br2O2. The second kappa shape index (κ2) is 6.01. The highest BCUT2D eigenvalue weighted by molar-refractivity contribution is 9.10. The Morgan fingerprint density at radius 1 is 1.19 bits per heavy atom. The van der Waals surface area contributed by atoms with E-state index in [1.165, 1.54) is 11.1 Å². The van der Waals surface area contributed by atoms with Gasteiger partial charge in [-0.1, -0.05) is 49.6 Å². The number of halogens is 2. The minimum Gasteiger partial charge on any atom is -0.496 e. The van der Waals surface area contributed by atoms with E-state index in [2.05, 4.69) is 63.0 Å². The zero-order valence-corrected chi connectivity index (χ0v) is 15.1. The summed E-state index contributed by atoms with van der Waals surface area (Å²) in [7, 11) is 1.70. The molecule has 0 bridgehead atoms. The molecule has 0 aliphatic carbocycles. The van der Waals surface area contributed by atoms with Crippen molar-refractivity contribution in [1.29, 1.82) is 0 Å². The molecule has 1 heterocycles. The smallest absolute Gasteiger partial charge is 0.127 e. The molecule has 0 aromatic heterocycles. The highest BCUT2D eigenvalue weighted by Crippen LogP contribution is 2.44. The molecule has 0 N–H and O–H groups in total. The summed E-state index contributed by atoms with van der Waals surface area (Å²) >= 11 is 7.43. The van der Waals surface area contributed by atoms with E-state index in [4.69, 9.17) is 9.47 Å². The van der Waals surface area contributed by atoms with Crippen molar-refractivity contribution in [3.05, 3.63) is 57.1 Å². The van der Waals surface area contributed by atoms with Crippen molar-refractivity contribution in [3.8, 4) is 11.5 Å². The van der Waals surface area contributed by atoms with Crippen LogP contribution in [0.3, 0.4) is 0 Å². The van der Waals surface area contributed by atoms with Gasteiger partial charge in [0.15, 0.2) is 0 Å². The quantitative estimate of drug-likeness (QED) is 0.647. The molecule has 1 aliphatic rings. The summed E-state index contributed by atoms with van der Waals surface area (Å²) in [5, 5.41) is 0. The van der Waals surface area contributed by atoms with Gasteiger partial charge >= 0.3 is 0 Å². The molecule has 21 heavy (non-hydrogen) atoms. The summed E-state index contributed by atoms with van der Waals surface area (Å²) in [5.41, 5.74) is 4.73. The first-order valence-corrected chi connectivity index (χ1v) is 8.54. The van der Waals surface area contributed by atoms with E-state index in [1.54, 1.807) is 7.11 Å². The van der Waals surface area contributed by atoms with Crippen LogP contribution in [0.25, 0.3) is 0 Å².